The Hall–Kier alpha value is -0.130. The standard InChI is InChI=1S/C11H24N2O2S/c1-10(2)12-7-4-8-16(14,15)13-9-11-5-3-6-11/h10-13H,3-9H2,1-2H3. The minimum atomic E-state index is -3.04. The van der Waals surface area contributed by atoms with Gasteiger partial charge < -0.3 is 5.32 Å². The predicted molar refractivity (Wildman–Crippen MR) is 66.9 cm³/mol. The van der Waals surface area contributed by atoms with Crippen LogP contribution in [-0.2, 0) is 10.0 Å². The van der Waals surface area contributed by atoms with Gasteiger partial charge >= 0.3 is 0 Å². The second kappa shape index (κ2) is 6.57. The molecule has 0 atom stereocenters. The molecule has 16 heavy (non-hydrogen) atoms. The van der Waals surface area contributed by atoms with Gasteiger partial charge in [-0.2, -0.15) is 0 Å². The third-order valence-corrected chi connectivity index (χ3v) is 4.39. The van der Waals surface area contributed by atoms with E-state index in [-0.39, 0.29) is 5.75 Å². The van der Waals surface area contributed by atoms with E-state index in [4.69, 9.17) is 0 Å². The van der Waals surface area contributed by atoms with Crippen molar-refractivity contribution in [2.45, 2.75) is 45.6 Å². The fraction of sp³-hybridized carbons (Fsp3) is 1.00. The molecule has 1 fully saturated rings. The van der Waals surface area contributed by atoms with Gasteiger partial charge in [-0.05, 0) is 31.7 Å². The fourth-order valence-corrected chi connectivity index (χ4v) is 2.83. The summed E-state index contributed by atoms with van der Waals surface area (Å²) in [5, 5.41) is 3.21. The molecular weight excluding hydrogens is 224 g/mol. The van der Waals surface area contributed by atoms with Crippen LogP contribution in [0.4, 0.5) is 0 Å². The molecule has 0 heterocycles. The zero-order valence-electron chi connectivity index (χ0n) is 10.3. The first-order valence-corrected chi connectivity index (χ1v) is 7.85. The number of rotatable bonds is 8. The van der Waals surface area contributed by atoms with Crippen molar-refractivity contribution in [2.75, 3.05) is 18.8 Å². The van der Waals surface area contributed by atoms with Crippen LogP contribution in [0.3, 0.4) is 0 Å². The highest BCUT2D eigenvalue weighted by Crippen LogP contribution is 2.25. The quantitative estimate of drug-likeness (QED) is 0.632. The summed E-state index contributed by atoms with van der Waals surface area (Å²) in [6, 6.07) is 0.422. The van der Waals surface area contributed by atoms with E-state index in [0.717, 1.165) is 6.54 Å². The normalized spacial score (nSPS) is 17.7. The second-order valence-electron chi connectivity index (χ2n) is 4.93. The first-order valence-electron chi connectivity index (χ1n) is 6.20. The molecular formula is C11H24N2O2S. The number of sulfonamides is 1. The van der Waals surface area contributed by atoms with Crippen molar-refractivity contribution in [2.24, 2.45) is 5.92 Å². The largest absolute Gasteiger partial charge is 0.314 e. The molecule has 0 amide bonds. The molecule has 1 aliphatic rings. The van der Waals surface area contributed by atoms with E-state index in [2.05, 4.69) is 23.9 Å². The summed E-state index contributed by atoms with van der Waals surface area (Å²) >= 11 is 0. The highest BCUT2D eigenvalue weighted by molar-refractivity contribution is 7.89. The maximum Gasteiger partial charge on any atom is 0.211 e. The van der Waals surface area contributed by atoms with E-state index < -0.39 is 10.0 Å². The Morgan fingerprint density at radius 3 is 2.50 bits per heavy atom. The zero-order chi connectivity index (χ0) is 12.0. The lowest BCUT2D eigenvalue weighted by Gasteiger charge is -2.25. The summed E-state index contributed by atoms with van der Waals surface area (Å²) in [5.74, 6) is 0.822. The minimum absolute atomic E-state index is 0.236. The van der Waals surface area contributed by atoms with E-state index in [0.29, 0.717) is 24.9 Å². The van der Waals surface area contributed by atoms with Crippen molar-refractivity contribution in [1.82, 2.24) is 10.0 Å². The van der Waals surface area contributed by atoms with Gasteiger partial charge in [0.2, 0.25) is 10.0 Å². The van der Waals surface area contributed by atoms with E-state index in [1.165, 1.54) is 19.3 Å². The molecule has 0 aromatic carbocycles. The lowest BCUT2D eigenvalue weighted by atomic mass is 9.86. The van der Waals surface area contributed by atoms with Gasteiger partial charge in [0, 0.05) is 12.6 Å². The molecule has 0 bridgehead atoms. The number of hydrogen-bond donors (Lipinski definition) is 2. The Bertz CT molecular complexity index is 284. The van der Waals surface area contributed by atoms with Crippen LogP contribution in [0.5, 0.6) is 0 Å². The summed E-state index contributed by atoms with van der Waals surface area (Å²) in [4.78, 5) is 0. The fourth-order valence-electron chi connectivity index (χ4n) is 1.67. The Balaban J connectivity index is 2.08. The van der Waals surface area contributed by atoms with E-state index in [9.17, 15) is 8.42 Å². The van der Waals surface area contributed by atoms with E-state index in [1.807, 2.05) is 0 Å². The SMILES string of the molecule is CC(C)NCCCS(=O)(=O)NCC1CCC1. The molecule has 0 aliphatic heterocycles. The lowest BCUT2D eigenvalue weighted by molar-refractivity contribution is 0.316. The summed E-state index contributed by atoms with van der Waals surface area (Å²) in [6.45, 7) is 5.52. The summed E-state index contributed by atoms with van der Waals surface area (Å²) in [5.41, 5.74) is 0. The maximum atomic E-state index is 11.6. The van der Waals surface area contributed by atoms with Crippen LogP contribution in [0, 0.1) is 5.92 Å². The van der Waals surface area contributed by atoms with Crippen molar-refractivity contribution in [3.8, 4) is 0 Å². The zero-order valence-corrected chi connectivity index (χ0v) is 11.1. The van der Waals surface area contributed by atoms with Crippen molar-refractivity contribution in [1.29, 1.82) is 0 Å². The monoisotopic (exact) mass is 248 g/mol. The first kappa shape index (κ1) is 13.9. The first-order chi connectivity index (χ1) is 7.49. The van der Waals surface area contributed by atoms with Crippen LogP contribution in [-0.4, -0.2) is 33.3 Å². The van der Waals surface area contributed by atoms with Gasteiger partial charge in [0.05, 0.1) is 5.75 Å². The van der Waals surface area contributed by atoms with Crippen molar-refractivity contribution in [3.05, 3.63) is 0 Å². The Morgan fingerprint density at radius 2 is 2.00 bits per heavy atom. The topological polar surface area (TPSA) is 58.2 Å². The molecule has 5 heteroatoms. The van der Waals surface area contributed by atoms with Gasteiger partial charge in [-0.1, -0.05) is 20.3 Å². The second-order valence-corrected chi connectivity index (χ2v) is 6.85. The Kier molecular flexibility index (Phi) is 5.72. The van der Waals surface area contributed by atoms with Gasteiger partial charge in [0.25, 0.3) is 0 Å². The molecule has 96 valence electrons. The summed E-state index contributed by atoms with van der Waals surface area (Å²) in [6.07, 6.45) is 4.29. The van der Waals surface area contributed by atoms with Gasteiger partial charge in [-0.3, -0.25) is 0 Å². The van der Waals surface area contributed by atoms with Crippen molar-refractivity contribution in [3.63, 3.8) is 0 Å². The van der Waals surface area contributed by atoms with Crippen LogP contribution >= 0.6 is 0 Å². The van der Waals surface area contributed by atoms with Crippen molar-refractivity contribution < 1.29 is 8.42 Å². The highest BCUT2D eigenvalue weighted by Gasteiger charge is 2.19. The smallest absolute Gasteiger partial charge is 0.211 e. The summed E-state index contributed by atoms with van der Waals surface area (Å²) < 4.78 is 25.9. The third-order valence-electron chi connectivity index (χ3n) is 2.96. The lowest BCUT2D eigenvalue weighted by Crippen LogP contribution is -2.34. The molecule has 0 spiro atoms. The Labute approximate surface area is 99.2 Å². The summed E-state index contributed by atoms with van der Waals surface area (Å²) in [7, 11) is -3.04. The average molecular weight is 248 g/mol. The molecule has 4 nitrogen and oxygen atoms in total. The van der Waals surface area contributed by atoms with Crippen LogP contribution in [0.15, 0.2) is 0 Å². The van der Waals surface area contributed by atoms with E-state index in [1.54, 1.807) is 0 Å². The molecule has 2 N–H and O–H groups in total. The molecule has 1 aliphatic carbocycles. The molecule has 0 saturated heterocycles. The van der Waals surface area contributed by atoms with Crippen LogP contribution in [0.25, 0.3) is 0 Å². The maximum absolute atomic E-state index is 11.6. The minimum Gasteiger partial charge on any atom is -0.314 e. The van der Waals surface area contributed by atoms with Crippen LogP contribution in [0.1, 0.15) is 39.5 Å². The highest BCUT2D eigenvalue weighted by atomic mass is 32.2. The Morgan fingerprint density at radius 1 is 1.31 bits per heavy atom. The van der Waals surface area contributed by atoms with Gasteiger partial charge in [0.1, 0.15) is 0 Å². The van der Waals surface area contributed by atoms with Crippen LogP contribution in [0.2, 0.25) is 0 Å². The molecule has 0 unspecified atom stereocenters. The van der Waals surface area contributed by atoms with Gasteiger partial charge in [0.15, 0.2) is 0 Å². The number of nitrogens with one attached hydrogen (secondary N) is 2. The van der Waals surface area contributed by atoms with Gasteiger partial charge in [-0.15, -0.1) is 0 Å². The van der Waals surface area contributed by atoms with Crippen LogP contribution < -0.4 is 10.0 Å². The number of hydrogen-bond acceptors (Lipinski definition) is 3. The van der Waals surface area contributed by atoms with E-state index >= 15 is 0 Å². The molecule has 0 radical (unpaired) electrons. The average Bonchev–Trinajstić information content (AvgIpc) is 2.09. The molecule has 1 saturated carbocycles. The third kappa shape index (κ3) is 5.82. The molecule has 0 aromatic rings. The van der Waals surface area contributed by atoms with Gasteiger partial charge in [-0.25, -0.2) is 13.1 Å². The predicted octanol–water partition coefficient (Wildman–Crippen LogP) is 1.09. The van der Waals surface area contributed by atoms with Crippen molar-refractivity contribution >= 4 is 10.0 Å². The molecule has 1 rings (SSSR count). The molecule has 0 aromatic heterocycles.